The van der Waals surface area contributed by atoms with Crippen molar-refractivity contribution in [3.05, 3.63) is 35.9 Å². The molecule has 94 valence electrons. The molecule has 0 aromatic heterocycles. The number of thioether (sulfide) groups is 1. The second-order valence-corrected chi connectivity index (χ2v) is 5.53. The van der Waals surface area contributed by atoms with Crippen molar-refractivity contribution < 1.29 is 9.90 Å². The molecule has 1 rings (SSSR count). The summed E-state index contributed by atoms with van der Waals surface area (Å²) in [6.45, 7) is 3.79. The SMILES string of the molecule is CSC(CC(=O)C(C)C)C(O)c1ccccc1. The van der Waals surface area contributed by atoms with Gasteiger partial charge in [-0.05, 0) is 11.8 Å². The van der Waals surface area contributed by atoms with E-state index in [2.05, 4.69) is 0 Å². The number of Topliss-reactive ketones (excluding diaryl/α,β-unsaturated/α-hetero) is 1. The predicted molar refractivity (Wildman–Crippen MR) is 73.2 cm³/mol. The first-order valence-corrected chi connectivity index (χ1v) is 7.13. The Labute approximate surface area is 107 Å². The number of aliphatic hydroxyl groups is 1. The van der Waals surface area contributed by atoms with Crippen molar-refractivity contribution in [1.29, 1.82) is 0 Å². The van der Waals surface area contributed by atoms with Crippen LogP contribution in [0.25, 0.3) is 0 Å². The minimum atomic E-state index is -0.575. The third-order valence-electron chi connectivity index (χ3n) is 2.84. The van der Waals surface area contributed by atoms with Gasteiger partial charge in [-0.15, -0.1) is 0 Å². The summed E-state index contributed by atoms with van der Waals surface area (Å²) in [5, 5.41) is 10.2. The Morgan fingerprint density at radius 3 is 2.35 bits per heavy atom. The molecule has 1 aromatic rings. The Hall–Kier alpha value is -0.800. The van der Waals surface area contributed by atoms with Gasteiger partial charge in [0.25, 0.3) is 0 Å². The topological polar surface area (TPSA) is 37.3 Å². The lowest BCUT2D eigenvalue weighted by molar-refractivity contribution is -0.122. The summed E-state index contributed by atoms with van der Waals surface area (Å²) in [5.74, 6) is 0.243. The summed E-state index contributed by atoms with van der Waals surface area (Å²) in [6.07, 6.45) is 1.79. The van der Waals surface area contributed by atoms with Gasteiger partial charge in [-0.3, -0.25) is 4.79 Å². The monoisotopic (exact) mass is 252 g/mol. The van der Waals surface area contributed by atoms with Gasteiger partial charge in [-0.1, -0.05) is 44.2 Å². The molecule has 1 N–H and O–H groups in total. The minimum Gasteiger partial charge on any atom is -0.387 e. The van der Waals surface area contributed by atoms with Gasteiger partial charge >= 0.3 is 0 Å². The van der Waals surface area contributed by atoms with Gasteiger partial charge in [0.15, 0.2) is 0 Å². The second kappa shape index (κ2) is 6.82. The molecule has 0 fully saturated rings. The normalized spacial score (nSPS) is 14.6. The number of hydrogen-bond donors (Lipinski definition) is 1. The van der Waals surface area contributed by atoms with E-state index in [1.165, 1.54) is 0 Å². The molecule has 0 heterocycles. The van der Waals surface area contributed by atoms with Crippen LogP contribution in [0.5, 0.6) is 0 Å². The van der Waals surface area contributed by atoms with Crippen molar-refractivity contribution in [3.8, 4) is 0 Å². The number of carbonyl (C=O) groups excluding carboxylic acids is 1. The maximum atomic E-state index is 11.7. The molecule has 17 heavy (non-hydrogen) atoms. The molecule has 0 aliphatic rings. The molecule has 0 saturated carbocycles. The molecular formula is C14H20O2S. The van der Waals surface area contributed by atoms with E-state index in [1.54, 1.807) is 11.8 Å². The van der Waals surface area contributed by atoms with E-state index in [0.29, 0.717) is 6.42 Å². The van der Waals surface area contributed by atoms with Crippen LogP contribution in [-0.2, 0) is 4.79 Å². The first-order chi connectivity index (χ1) is 8.06. The number of rotatable bonds is 6. The van der Waals surface area contributed by atoms with Gasteiger partial charge in [0, 0.05) is 17.6 Å². The standard InChI is InChI=1S/C14H20O2S/c1-10(2)12(15)9-13(17-3)14(16)11-7-5-4-6-8-11/h4-8,10,13-14,16H,9H2,1-3H3. The average molecular weight is 252 g/mol. The summed E-state index contributed by atoms with van der Waals surface area (Å²) in [4.78, 5) is 11.7. The van der Waals surface area contributed by atoms with Crippen molar-refractivity contribution in [3.63, 3.8) is 0 Å². The van der Waals surface area contributed by atoms with E-state index in [-0.39, 0.29) is 17.0 Å². The van der Waals surface area contributed by atoms with Crippen LogP contribution in [0.15, 0.2) is 30.3 Å². The average Bonchev–Trinajstić information content (AvgIpc) is 2.35. The van der Waals surface area contributed by atoms with Crippen molar-refractivity contribution in [1.82, 2.24) is 0 Å². The van der Waals surface area contributed by atoms with Crippen LogP contribution < -0.4 is 0 Å². The lowest BCUT2D eigenvalue weighted by Crippen LogP contribution is -2.21. The first-order valence-electron chi connectivity index (χ1n) is 5.84. The predicted octanol–water partition coefficient (Wildman–Crippen LogP) is 3.07. The second-order valence-electron chi connectivity index (χ2n) is 4.45. The molecule has 2 unspecified atom stereocenters. The lowest BCUT2D eigenvalue weighted by atomic mass is 9.98. The highest BCUT2D eigenvalue weighted by atomic mass is 32.2. The van der Waals surface area contributed by atoms with Crippen LogP contribution in [0.1, 0.15) is 31.9 Å². The van der Waals surface area contributed by atoms with Gasteiger partial charge in [0.1, 0.15) is 5.78 Å². The number of hydrogen-bond acceptors (Lipinski definition) is 3. The van der Waals surface area contributed by atoms with Gasteiger partial charge < -0.3 is 5.11 Å². The Balaban J connectivity index is 2.71. The highest BCUT2D eigenvalue weighted by Gasteiger charge is 2.23. The summed E-state index contributed by atoms with van der Waals surface area (Å²) >= 11 is 1.55. The molecule has 3 heteroatoms. The maximum absolute atomic E-state index is 11.7. The van der Waals surface area contributed by atoms with Crippen LogP contribution in [0.3, 0.4) is 0 Å². The molecule has 0 bridgehead atoms. The van der Waals surface area contributed by atoms with E-state index in [4.69, 9.17) is 0 Å². The van der Waals surface area contributed by atoms with Crippen molar-refractivity contribution in [2.24, 2.45) is 5.92 Å². The van der Waals surface area contributed by atoms with Crippen molar-refractivity contribution >= 4 is 17.5 Å². The van der Waals surface area contributed by atoms with Crippen molar-refractivity contribution in [2.75, 3.05) is 6.26 Å². The van der Waals surface area contributed by atoms with Crippen LogP contribution in [0.4, 0.5) is 0 Å². The summed E-state index contributed by atoms with van der Waals surface area (Å²) in [6, 6.07) is 9.52. The zero-order valence-electron chi connectivity index (χ0n) is 10.6. The Kier molecular flexibility index (Phi) is 5.72. The number of ketones is 1. The lowest BCUT2D eigenvalue weighted by Gasteiger charge is -2.21. The summed E-state index contributed by atoms with van der Waals surface area (Å²) < 4.78 is 0. The quantitative estimate of drug-likeness (QED) is 0.845. The van der Waals surface area contributed by atoms with E-state index < -0.39 is 6.10 Å². The van der Waals surface area contributed by atoms with Crippen LogP contribution in [0.2, 0.25) is 0 Å². The Morgan fingerprint density at radius 1 is 1.29 bits per heavy atom. The third kappa shape index (κ3) is 4.17. The van der Waals surface area contributed by atoms with Gasteiger partial charge in [0.2, 0.25) is 0 Å². The molecule has 2 atom stereocenters. The number of aliphatic hydroxyl groups excluding tert-OH is 1. The highest BCUT2D eigenvalue weighted by Crippen LogP contribution is 2.28. The number of benzene rings is 1. The van der Waals surface area contributed by atoms with Gasteiger partial charge in [-0.25, -0.2) is 0 Å². The Bertz CT molecular complexity index is 348. The van der Waals surface area contributed by atoms with Crippen LogP contribution in [-0.4, -0.2) is 22.4 Å². The maximum Gasteiger partial charge on any atom is 0.136 e. The first kappa shape index (κ1) is 14.3. The smallest absolute Gasteiger partial charge is 0.136 e. The van der Waals surface area contributed by atoms with E-state index >= 15 is 0 Å². The third-order valence-corrected chi connectivity index (χ3v) is 3.87. The molecule has 0 amide bonds. The minimum absolute atomic E-state index is 0.0348. The van der Waals surface area contributed by atoms with Gasteiger partial charge in [0.05, 0.1) is 6.10 Å². The molecular weight excluding hydrogens is 232 g/mol. The molecule has 0 aliphatic carbocycles. The zero-order chi connectivity index (χ0) is 12.8. The van der Waals surface area contributed by atoms with E-state index in [1.807, 2.05) is 50.4 Å². The fourth-order valence-electron chi connectivity index (χ4n) is 1.62. The fraction of sp³-hybridized carbons (Fsp3) is 0.500. The van der Waals surface area contributed by atoms with Crippen LogP contribution in [0, 0.1) is 5.92 Å². The molecule has 1 aromatic carbocycles. The van der Waals surface area contributed by atoms with E-state index in [9.17, 15) is 9.90 Å². The highest BCUT2D eigenvalue weighted by molar-refractivity contribution is 7.99. The summed E-state index contributed by atoms with van der Waals surface area (Å²) in [7, 11) is 0. The molecule has 0 aliphatic heterocycles. The Morgan fingerprint density at radius 2 is 1.88 bits per heavy atom. The van der Waals surface area contributed by atoms with Gasteiger partial charge in [-0.2, -0.15) is 11.8 Å². The molecule has 0 spiro atoms. The van der Waals surface area contributed by atoms with Crippen molar-refractivity contribution in [2.45, 2.75) is 31.6 Å². The largest absolute Gasteiger partial charge is 0.387 e. The molecule has 0 saturated heterocycles. The molecule has 2 nitrogen and oxygen atoms in total. The fourth-order valence-corrected chi connectivity index (χ4v) is 2.37. The molecule has 0 radical (unpaired) electrons. The van der Waals surface area contributed by atoms with Crippen LogP contribution >= 0.6 is 11.8 Å². The zero-order valence-corrected chi connectivity index (χ0v) is 11.4. The summed E-state index contributed by atoms with van der Waals surface area (Å²) in [5.41, 5.74) is 0.878. The van der Waals surface area contributed by atoms with E-state index in [0.717, 1.165) is 5.56 Å². The number of carbonyl (C=O) groups is 1.